The van der Waals surface area contributed by atoms with Crippen LogP contribution >= 0.6 is 61.1 Å². The lowest BCUT2D eigenvalue weighted by molar-refractivity contribution is 0.303. The van der Waals surface area contributed by atoms with E-state index in [0.717, 1.165) is 28.5 Å². The first-order valence-electron chi connectivity index (χ1n) is 10.7. The van der Waals surface area contributed by atoms with Crippen molar-refractivity contribution in [2.45, 2.75) is 13.5 Å². The number of fused-ring (bicyclic) bond motifs is 2. The predicted molar refractivity (Wildman–Crippen MR) is 162 cm³/mol. The molecule has 0 aliphatic carbocycles. The van der Waals surface area contributed by atoms with Crippen LogP contribution in [-0.4, -0.2) is 15.9 Å². The van der Waals surface area contributed by atoms with Crippen molar-refractivity contribution in [1.29, 1.82) is 0 Å². The van der Waals surface area contributed by atoms with Crippen molar-refractivity contribution in [2.24, 2.45) is 5.10 Å². The molecule has 1 aromatic heterocycles. The molecule has 0 aliphatic rings. The first kappa shape index (κ1) is 24.4. The number of ether oxygens (including phenoxy) is 1. The van der Waals surface area contributed by atoms with E-state index in [1.165, 1.54) is 15.4 Å². The fourth-order valence-corrected chi connectivity index (χ4v) is 6.37. The third-order valence-electron chi connectivity index (χ3n) is 5.56. The Morgan fingerprint density at radius 2 is 1.74 bits per heavy atom. The van der Waals surface area contributed by atoms with Crippen molar-refractivity contribution in [2.75, 3.05) is 0 Å². The third-order valence-corrected chi connectivity index (χ3v) is 7.66. The van der Waals surface area contributed by atoms with Gasteiger partial charge in [0.1, 0.15) is 18.2 Å². The van der Waals surface area contributed by atoms with Gasteiger partial charge in [-0.05, 0) is 104 Å². The summed E-state index contributed by atoms with van der Waals surface area (Å²) >= 11 is 7.97. The van der Waals surface area contributed by atoms with Crippen molar-refractivity contribution in [3.05, 3.63) is 112 Å². The lowest BCUT2D eigenvalue weighted by Crippen LogP contribution is -2.20. The Hall–Kier alpha value is -2.31. The fraction of sp³-hybridized carbons (Fsp3) is 0.0741. The van der Waals surface area contributed by atoms with Gasteiger partial charge in [0.15, 0.2) is 0 Å². The van der Waals surface area contributed by atoms with Crippen LogP contribution in [0.3, 0.4) is 0 Å². The predicted octanol–water partition coefficient (Wildman–Crippen LogP) is 7.29. The van der Waals surface area contributed by atoms with Gasteiger partial charge in [-0.1, -0.05) is 58.4 Å². The van der Waals surface area contributed by atoms with Crippen molar-refractivity contribution in [3.63, 3.8) is 0 Å². The maximum Gasteiger partial charge on any atom is 0.282 e. The molecule has 0 N–H and O–H groups in total. The van der Waals surface area contributed by atoms with Crippen molar-refractivity contribution in [3.8, 4) is 5.75 Å². The summed E-state index contributed by atoms with van der Waals surface area (Å²) in [4.78, 5) is 17.5. The Morgan fingerprint density at radius 3 is 2.54 bits per heavy atom. The van der Waals surface area contributed by atoms with E-state index in [9.17, 15) is 4.79 Å². The van der Waals surface area contributed by atoms with Crippen molar-refractivity contribution in [1.82, 2.24) is 9.66 Å². The molecule has 0 bridgehead atoms. The zero-order valence-corrected chi connectivity index (χ0v) is 24.4. The van der Waals surface area contributed by atoms with Gasteiger partial charge < -0.3 is 4.74 Å². The molecular formula is C27H18BrI2N3O2. The molecule has 4 aromatic carbocycles. The Balaban J connectivity index is 1.42. The molecule has 0 saturated heterocycles. The zero-order valence-electron chi connectivity index (χ0n) is 18.5. The monoisotopic (exact) mass is 749 g/mol. The molecule has 0 saturated carbocycles. The molecule has 1 heterocycles. The van der Waals surface area contributed by atoms with E-state index in [0.29, 0.717) is 23.3 Å². The highest BCUT2D eigenvalue weighted by Crippen LogP contribution is 2.30. The summed E-state index contributed by atoms with van der Waals surface area (Å²) in [6.45, 7) is 2.26. The Morgan fingerprint density at radius 1 is 1.00 bits per heavy atom. The summed E-state index contributed by atoms with van der Waals surface area (Å²) in [6, 6.07) is 24.0. The number of aryl methyl sites for hydroxylation is 1. The van der Waals surface area contributed by atoms with Crippen molar-refractivity contribution >= 4 is 89.0 Å². The second-order valence-corrected chi connectivity index (χ2v) is 11.2. The number of rotatable bonds is 5. The van der Waals surface area contributed by atoms with Gasteiger partial charge in [-0.25, -0.2) is 4.98 Å². The molecule has 5 aromatic rings. The first-order chi connectivity index (χ1) is 16.9. The number of aromatic nitrogens is 2. The minimum atomic E-state index is -0.204. The Labute approximate surface area is 237 Å². The minimum absolute atomic E-state index is 0.204. The van der Waals surface area contributed by atoms with E-state index >= 15 is 0 Å². The van der Waals surface area contributed by atoms with Gasteiger partial charge in [0.2, 0.25) is 0 Å². The molecule has 0 unspecified atom stereocenters. The molecule has 0 spiro atoms. The zero-order chi connectivity index (χ0) is 24.5. The molecule has 0 fully saturated rings. The highest BCUT2D eigenvalue weighted by atomic mass is 127. The van der Waals surface area contributed by atoms with Gasteiger partial charge in [-0.15, -0.1) is 0 Å². The van der Waals surface area contributed by atoms with Crippen LogP contribution in [0, 0.1) is 14.1 Å². The van der Waals surface area contributed by atoms with Gasteiger partial charge >= 0.3 is 0 Å². The molecule has 0 atom stereocenters. The van der Waals surface area contributed by atoms with E-state index in [4.69, 9.17) is 4.74 Å². The topological polar surface area (TPSA) is 56.5 Å². The molecule has 8 heteroatoms. The van der Waals surface area contributed by atoms with E-state index in [1.807, 2.05) is 36.4 Å². The molecule has 0 amide bonds. The van der Waals surface area contributed by atoms with Gasteiger partial charge in [0.25, 0.3) is 5.56 Å². The Kier molecular flexibility index (Phi) is 7.21. The molecule has 174 valence electrons. The SMILES string of the molecule is Cc1nc2ccc(Br)cc2c(=O)n1N=Cc1cc(I)c(OCc2cccc3ccccc23)c(I)c1. The first-order valence-corrected chi connectivity index (χ1v) is 13.7. The van der Waals surface area contributed by atoms with Gasteiger partial charge in [0.05, 0.1) is 24.3 Å². The van der Waals surface area contributed by atoms with Crippen LogP contribution in [0.25, 0.3) is 21.7 Å². The average molecular weight is 750 g/mol. The van der Waals surface area contributed by atoms with E-state index < -0.39 is 0 Å². The summed E-state index contributed by atoms with van der Waals surface area (Å²) in [7, 11) is 0. The third kappa shape index (κ3) is 5.14. The second-order valence-electron chi connectivity index (χ2n) is 7.92. The van der Waals surface area contributed by atoms with Crippen LogP contribution in [0.1, 0.15) is 17.0 Å². The highest BCUT2D eigenvalue weighted by Gasteiger charge is 2.11. The molecule has 5 rings (SSSR count). The van der Waals surface area contributed by atoms with Crippen LogP contribution in [0.5, 0.6) is 5.75 Å². The standard InChI is InChI=1S/C27H18BrI2N3O2/c1-16-32-25-10-9-20(28)13-22(25)27(34)33(16)31-14-17-11-23(29)26(24(30)12-17)35-15-19-7-4-6-18-5-2-3-8-21(18)19/h2-14H,15H2,1H3. The quantitative estimate of drug-likeness (QED) is 0.140. The largest absolute Gasteiger partial charge is 0.487 e. The van der Waals surface area contributed by atoms with Crippen LogP contribution < -0.4 is 10.3 Å². The summed E-state index contributed by atoms with van der Waals surface area (Å²) in [5, 5.41) is 7.36. The summed E-state index contributed by atoms with van der Waals surface area (Å²) < 4.78 is 10.4. The number of benzene rings is 4. The summed E-state index contributed by atoms with van der Waals surface area (Å²) in [5.74, 6) is 1.36. The summed E-state index contributed by atoms with van der Waals surface area (Å²) in [6.07, 6.45) is 1.68. The Bertz CT molecular complexity index is 1650. The fourth-order valence-electron chi connectivity index (χ4n) is 3.88. The molecule has 0 radical (unpaired) electrons. The molecule has 5 nitrogen and oxygen atoms in total. The molecular weight excluding hydrogens is 732 g/mol. The van der Waals surface area contributed by atoms with Gasteiger partial charge in [-0.2, -0.15) is 9.78 Å². The maximum atomic E-state index is 13.0. The van der Waals surface area contributed by atoms with Gasteiger partial charge in [-0.3, -0.25) is 4.79 Å². The average Bonchev–Trinajstić information content (AvgIpc) is 2.84. The highest BCUT2D eigenvalue weighted by molar-refractivity contribution is 14.1. The van der Waals surface area contributed by atoms with E-state index in [1.54, 1.807) is 19.2 Å². The number of hydrogen-bond donors (Lipinski definition) is 0. The van der Waals surface area contributed by atoms with Gasteiger partial charge in [0, 0.05) is 4.47 Å². The smallest absolute Gasteiger partial charge is 0.282 e. The lowest BCUT2D eigenvalue weighted by atomic mass is 10.1. The van der Waals surface area contributed by atoms with Crippen molar-refractivity contribution < 1.29 is 4.74 Å². The minimum Gasteiger partial charge on any atom is -0.487 e. The van der Waals surface area contributed by atoms with E-state index in [-0.39, 0.29) is 5.56 Å². The van der Waals surface area contributed by atoms with Crippen LogP contribution in [0.2, 0.25) is 0 Å². The molecule has 0 aliphatic heterocycles. The summed E-state index contributed by atoms with van der Waals surface area (Å²) in [5.41, 5.74) is 2.46. The maximum absolute atomic E-state index is 13.0. The van der Waals surface area contributed by atoms with Crippen LogP contribution in [0.15, 0.2) is 87.2 Å². The number of hydrogen-bond acceptors (Lipinski definition) is 4. The van der Waals surface area contributed by atoms with E-state index in [2.05, 4.69) is 102 Å². The number of halogens is 3. The lowest BCUT2D eigenvalue weighted by Gasteiger charge is -2.13. The van der Waals surface area contributed by atoms with Crippen LogP contribution in [0.4, 0.5) is 0 Å². The van der Waals surface area contributed by atoms with Crippen LogP contribution in [-0.2, 0) is 6.61 Å². The normalized spacial score (nSPS) is 11.5. The number of nitrogens with zero attached hydrogens (tertiary/aromatic N) is 3. The second kappa shape index (κ2) is 10.4. The molecule has 35 heavy (non-hydrogen) atoms.